The van der Waals surface area contributed by atoms with E-state index in [1.807, 2.05) is 25.1 Å². The molecule has 5 heteroatoms. The van der Waals surface area contributed by atoms with Crippen LogP contribution in [0.15, 0.2) is 24.3 Å². The molecule has 1 amide bonds. The van der Waals surface area contributed by atoms with Gasteiger partial charge in [-0.05, 0) is 37.0 Å². The van der Waals surface area contributed by atoms with Crippen LogP contribution in [0.25, 0.3) is 0 Å². The summed E-state index contributed by atoms with van der Waals surface area (Å²) in [4.78, 5) is 12.8. The van der Waals surface area contributed by atoms with Crippen LogP contribution in [0.4, 0.5) is 0 Å². The lowest BCUT2D eigenvalue weighted by Crippen LogP contribution is -2.51. The van der Waals surface area contributed by atoms with Crippen molar-refractivity contribution in [2.24, 2.45) is 0 Å². The number of hydrogen-bond acceptors (Lipinski definition) is 3. The predicted molar refractivity (Wildman–Crippen MR) is 82.5 cm³/mol. The molecule has 0 bridgehead atoms. The van der Waals surface area contributed by atoms with E-state index in [2.05, 4.69) is 5.32 Å². The van der Waals surface area contributed by atoms with Crippen LogP contribution < -0.4 is 5.32 Å². The van der Waals surface area contributed by atoms with Gasteiger partial charge in [0.05, 0.1) is 18.1 Å². The van der Waals surface area contributed by atoms with Gasteiger partial charge in [-0.2, -0.15) is 0 Å². The summed E-state index contributed by atoms with van der Waals surface area (Å²) < 4.78 is 5.42. The summed E-state index contributed by atoms with van der Waals surface area (Å²) in [5.41, 5.74) is 0.301. The first-order chi connectivity index (χ1) is 10.1. The Morgan fingerprint density at radius 3 is 2.76 bits per heavy atom. The van der Waals surface area contributed by atoms with Gasteiger partial charge in [-0.15, -0.1) is 0 Å². The van der Waals surface area contributed by atoms with Crippen molar-refractivity contribution < 1.29 is 14.6 Å². The normalized spacial score (nSPS) is 19.0. The topological polar surface area (TPSA) is 58.6 Å². The van der Waals surface area contributed by atoms with Gasteiger partial charge >= 0.3 is 0 Å². The minimum atomic E-state index is -0.619. The van der Waals surface area contributed by atoms with Crippen molar-refractivity contribution in [3.05, 3.63) is 34.9 Å². The molecule has 1 aromatic carbocycles. The fourth-order valence-electron chi connectivity index (χ4n) is 2.75. The zero-order valence-electron chi connectivity index (χ0n) is 12.3. The van der Waals surface area contributed by atoms with Crippen molar-refractivity contribution in [2.45, 2.75) is 37.6 Å². The molecule has 4 nitrogen and oxygen atoms in total. The molecule has 1 aromatic rings. The largest absolute Gasteiger partial charge is 0.394 e. The minimum absolute atomic E-state index is 0.0473. The lowest BCUT2D eigenvalue weighted by molar-refractivity contribution is -0.131. The van der Waals surface area contributed by atoms with Crippen LogP contribution in [0.3, 0.4) is 0 Å². The molecule has 1 aliphatic rings. The Bertz CT molecular complexity index is 482. The molecule has 0 aliphatic carbocycles. The summed E-state index contributed by atoms with van der Waals surface area (Å²) >= 11 is 6.09. The lowest BCUT2D eigenvalue weighted by atomic mass is 9.73. The summed E-state index contributed by atoms with van der Waals surface area (Å²) in [7, 11) is 0. The highest BCUT2D eigenvalue weighted by atomic mass is 35.5. The average molecular weight is 312 g/mol. The molecule has 1 fully saturated rings. The molecule has 0 radical (unpaired) electrons. The highest BCUT2D eigenvalue weighted by Gasteiger charge is 2.42. The summed E-state index contributed by atoms with van der Waals surface area (Å²) in [5, 5.41) is 12.9. The van der Waals surface area contributed by atoms with Gasteiger partial charge in [0.25, 0.3) is 0 Å². The molecule has 0 aromatic heterocycles. The van der Waals surface area contributed by atoms with Gasteiger partial charge in [-0.25, -0.2) is 0 Å². The fourth-order valence-corrected chi connectivity index (χ4v) is 2.94. The van der Waals surface area contributed by atoms with Crippen molar-refractivity contribution in [1.29, 1.82) is 0 Å². The van der Waals surface area contributed by atoms with Crippen LogP contribution in [0.5, 0.6) is 0 Å². The van der Waals surface area contributed by atoms with Crippen molar-refractivity contribution in [3.63, 3.8) is 0 Å². The molecule has 116 valence electrons. The summed E-state index contributed by atoms with van der Waals surface area (Å²) in [6, 6.07) is 7.25. The molecule has 1 atom stereocenters. The third kappa shape index (κ3) is 3.57. The van der Waals surface area contributed by atoms with Crippen molar-refractivity contribution >= 4 is 17.5 Å². The van der Waals surface area contributed by atoms with Crippen LogP contribution in [-0.2, 0) is 14.9 Å². The maximum Gasteiger partial charge on any atom is 0.231 e. The van der Waals surface area contributed by atoms with Crippen LogP contribution in [0, 0.1) is 0 Å². The number of aliphatic hydroxyl groups excluding tert-OH is 1. The van der Waals surface area contributed by atoms with Gasteiger partial charge in [0, 0.05) is 18.2 Å². The van der Waals surface area contributed by atoms with Gasteiger partial charge in [0.15, 0.2) is 0 Å². The van der Waals surface area contributed by atoms with E-state index in [0.29, 0.717) is 37.5 Å². The molecule has 1 heterocycles. The number of nitrogens with one attached hydrogen (secondary N) is 1. The van der Waals surface area contributed by atoms with E-state index in [1.54, 1.807) is 6.07 Å². The third-order valence-corrected chi connectivity index (χ3v) is 4.44. The summed E-state index contributed by atoms with van der Waals surface area (Å²) in [6.07, 6.45) is 1.95. The third-order valence-electron chi connectivity index (χ3n) is 4.21. The molecule has 21 heavy (non-hydrogen) atoms. The standard InChI is InChI=1S/C16H22ClNO3/c1-2-14(11-19)18-15(20)16(6-8-21-9-7-16)12-4-3-5-13(17)10-12/h3-5,10,14,19H,2,6-9,11H2,1H3,(H,18,20). The fraction of sp³-hybridized carbons (Fsp3) is 0.562. The molecular formula is C16H22ClNO3. The Kier molecular flexibility index (Phi) is 5.62. The van der Waals surface area contributed by atoms with Crippen LogP contribution in [0.2, 0.25) is 5.02 Å². The van der Waals surface area contributed by atoms with Gasteiger partial charge in [-0.1, -0.05) is 30.7 Å². The smallest absolute Gasteiger partial charge is 0.231 e. The Morgan fingerprint density at radius 1 is 1.48 bits per heavy atom. The van der Waals surface area contributed by atoms with Crippen LogP contribution >= 0.6 is 11.6 Å². The Labute approximate surface area is 130 Å². The number of carbonyl (C=O) groups excluding carboxylic acids is 1. The van der Waals surface area contributed by atoms with E-state index in [1.165, 1.54) is 0 Å². The summed E-state index contributed by atoms with van der Waals surface area (Å²) in [6.45, 7) is 2.99. The number of hydrogen-bond donors (Lipinski definition) is 2. The molecular weight excluding hydrogens is 290 g/mol. The molecule has 1 saturated heterocycles. The average Bonchev–Trinajstić information content (AvgIpc) is 2.53. The highest BCUT2D eigenvalue weighted by molar-refractivity contribution is 6.30. The van der Waals surface area contributed by atoms with Crippen molar-refractivity contribution in [1.82, 2.24) is 5.32 Å². The van der Waals surface area contributed by atoms with Crippen molar-refractivity contribution in [3.8, 4) is 0 Å². The van der Waals surface area contributed by atoms with Gasteiger partial charge in [0.2, 0.25) is 5.91 Å². The second-order valence-corrected chi connectivity index (χ2v) is 5.90. The number of ether oxygens (including phenoxy) is 1. The van der Waals surface area contributed by atoms with Gasteiger partial charge in [0.1, 0.15) is 0 Å². The number of rotatable bonds is 5. The van der Waals surface area contributed by atoms with Crippen LogP contribution in [0.1, 0.15) is 31.7 Å². The Morgan fingerprint density at radius 2 is 2.19 bits per heavy atom. The number of amides is 1. The highest BCUT2D eigenvalue weighted by Crippen LogP contribution is 2.36. The van der Waals surface area contributed by atoms with E-state index in [4.69, 9.17) is 16.3 Å². The predicted octanol–water partition coefficient (Wildman–Crippen LogP) is 2.28. The van der Waals surface area contributed by atoms with E-state index < -0.39 is 5.41 Å². The zero-order valence-corrected chi connectivity index (χ0v) is 13.0. The SMILES string of the molecule is CCC(CO)NC(=O)C1(c2cccc(Cl)c2)CCOCC1. The molecule has 2 N–H and O–H groups in total. The van der Waals surface area contributed by atoms with E-state index in [9.17, 15) is 9.90 Å². The minimum Gasteiger partial charge on any atom is -0.394 e. The molecule has 2 rings (SSSR count). The number of aliphatic hydroxyl groups is 1. The van der Waals surface area contributed by atoms with Crippen LogP contribution in [-0.4, -0.2) is 36.9 Å². The first kappa shape index (κ1) is 16.3. The number of halogens is 1. The molecule has 1 aliphatic heterocycles. The molecule has 0 saturated carbocycles. The van der Waals surface area contributed by atoms with Gasteiger partial charge in [-0.3, -0.25) is 4.79 Å². The van der Waals surface area contributed by atoms with Crippen molar-refractivity contribution in [2.75, 3.05) is 19.8 Å². The first-order valence-electron chi connectivity index (χ1n) is 7.38. The van der Waals surface area contributed by atoms with E-state index in [-0.39, 0.29) is 18.6 Å². The molecule has 1 unspecified atom stereocenters. The summed E-state index contributed by atoms with van der Waals surface area (Å²) in [5.74, 6) is -0.0473. The van der Waals surface area contributed by atoms with E-state index >= 15 is 0 Å². The monoisotopic (exact) mass is 311 g/mol. The quantitative estimate of drug-likeness (QED) is 0.877. The maximum absolute atomic E-state index is 12.8. The Balaban J connectivity index is 2.31. The number of benzene rings is 1. The number of carbonyl (C=O) groups is 1. The Hall–Kier alpha value is -1.10. The van der Waals surface area contributed by atoms with Gasteiger partial charge < -0.3 is 15.2 Å². The lowest BCUT2D eigenvalue weighted by Gasteiger charge is -2.37. The second-order valence-electron chi connectivity index (χ2n) is 5.47. The molecule has 0 spiro atoms. The first-order valence-corrected chi connectivity index (χ1v) is 7.76. The maximum atomic E-state index is 12.8. The zero-order chi connectivity index (χ0) is 15.3. The van der Waals surface area contributed by atoms with E-state index in [0.717, 1.165) is 5.56 Å². The second kappa shape index (κ2) is 7.25.